The molecule has 0 aliphatic rings. The van der Waals surface area contributed by atoms with E-state index in [4.69, 9.17) is 0 Å². The summed E-state index contributed by atoms with van der Waals surface area (Å²) >= 11 is 0. The minimum atomic E-state index is 1.18. The van der Waals surface area contributed by atoms with Crippen molar-refractivity contribution >= 4 is 55.2 Å². The van der Waals surface area contributed by atoms with E-state index in [2.05, 4.69) is 173 Å². The van der Waals surface area contributed by atoms with E-state index in [0.717, 1.165) is 0 Å². The zero-order chi connectivity index (χ0) is 32.1. The van der Waals surface area contributed by atoms with Gasteiger partial charge >= 0.3 is 0 Å². The highest BCUT2D eigenvalue weighted by Crippen LogP contribution is 2.42. The average molecular weight is 601 g/mol. The molecule has 8 aromatic carbocycles. The van der Waals surface area contributed by atoms with Gasteiger partial charge in [0, 0.05) is 0 Å². The molecule has 0 unspecified atom stereocenters. The van der Waals surface area contributed by atoms with Crippen molar-refractivity contribution in [3.8, 4) is 33.4 Å². The fourth-order valence-electron chi connectivity index (χ4n) is 7.72. The van der Waals surface area contributed by atoms with E-state index in [1.807, 2.05) is 6.08 Å². The highest BCUT2D eigenvalue weighted by molar-refractivity contribution is 6.17. The van der Waals surface area contributed by atoms with Crippen LogP contribution < -0.4 is 0 Å². The summed E-state index contributed by atoms with van der Waals surface area (Å²) in [5.41, 5.74) is 12.6. The standard InChI is InChI=1S/C47H36/c1-5-14-39-35(6-2)44-28-27-34(29-46(44)43-19-10-9-17-41(39)43)32-23-25-33(26-24-32)36-21-13-22-38(30(36)3)47-31(4)37-15-7-8-16-40(37)42-18-11-12-20-45(42)47/h5-29H,2H2,1,3-4H3/b14-5-. The Labute approximate surface area is 277 Å². The molecule has 0 saturated heterocycles. The monoisotopic (exact) mass is 600 g/mol. The lowest BCUT2D eigenvalue weighted by atomic mass is 9.85. The zero-order valence-electron chi connectivity index (χ0n) is 27.1. The third kappa shape index (κ3) is 4.60. The molecule has 47 heavy (non-hydrogen) atoms. The molecule has 0 heteroatoms. The molecule has 8 aromatic rings. The van der Waals surface area contributed by atoms with Crippen LogP contribution in [0.25, 0.3) is 88.6 Å². The predicted octanol–water partition coefficient (Wildman–Crippen LogP) is 13.6. The minimum absolute atomic E-state index is 1.18. The lowest BCUT2D eigenvalue weighted by Gasteiger charge is -2.19. The average Bonchev–Trinajstić information content (AvgIpc) is 3.12. The molecule has 0 aliphatic heterocycles. The van der Waals surface area contributed by atoms with Gasteiger partial charge in [0.25, 0.3) is 0 Å². The summed E-state index contributed by atoms with van der Waals surface area (Å²) in [6, 6.07) is 49.1. The number of benzene rings is 8. The zero-order valence-corrected chi connectivity index (χ0v) is 27.1. The van der Waals surface area contributed by atoms with Crippen LogP contribution in [0.15, 0.2) is 146 Å². The van der Waals surface area contributed by atoms with Crippen molar-refractivity contribution in [2.45, 2.75) is 20.8 Å². The molecule has 0 spiro atoms. The number of hydrogen-bond donors (Lipinski definition) is 0. The first kappa shape index (κ1) is 28.7. The van der Waals surface area contributed by atoms with Crippen molar-refractivity contribution < 1.29 is 0 Å². The SMILES string of the molecule is C=Cc1c(/C=C\C)c2ccccc2c2cc(-c3ccc(-c4cccc(-c5c(C)c6ccccc6c6ccccc56)c4C)cc3)ccc12. The Morgan fingerprint density at radius 3 is 1.64 bits per heavy atom. The number of aryl methyl sites for hydroxylation is 1. The van der Waals surface area contributed by atoms with Crippen LogP contribution in [0.4, 0.5) is 0 Å². The van der Waals surface area contributed by atoms with Crippen molar-refractivity contribution in [1.29, 1.82) is 0 Å². The Balaban J connectivity index is 1.24. The summed E-state index contributed by atoms with van der Waals surface area (Å²) in [6.07, 6.45) is 6.31. The van der Waals surface area contributed by atoms with Crippen molar-refractivity contribution in [1.82, 2.24) is 0 Å². The quantitative estimate of drug-likeness (QED) is 0.172. The first-order chi connectivity index (χ1) is 23.1. The minimum Gasteiger partial charge on any atom is -0.0984 e. The van der Waals surface area contributed by atoms with Gasteiger partial charge in [-0.1, -0.05) is 152 Å². The summed E-state index contributed by atoms with van der Waals surface area (Å²) in [6.45, 7) is 10.8. The first-order valence-corrected chi connectivity index (χ1v) is 16.4. The Hall–Kier alpha value is -5.72. The van der Waals surface area contributed by atoms with Crippen LogP contribution in [-0.2, 0) is 0 Å². The number of fused-ring (bicyclic) bond motifs is 6. The van der Waals surface area contributed by atoms with Gasteiger partial charge in [-0.2, -0.15) is 0 Å². The highest BCUT2D eigenvalue weighted by atomic mass is 14.2. The maximum atomic E-state index is 4.18. The molecule has 8 rings (SSSR count). The van der Waals surface area contributed by atoms with Crippen LogP contribution in [0.1, 0.15) is 29.2 Å². The summed E-state index contributed by atoms with van der Waals surface area (Å²) < 4.78 is 0. The van der Waals surface area contributed by atoms with E-state index in [9.17, 15) is 0 Å². The van der Waals surface area contributed by atoms with Crippen LogP contribution in [-0.4, -0.2) is 0 Å². The molecule has 0 saturated carbocycles. The summed E-state index contributed by atoms with van der Waals surface area (Å²) in [7, 11) is 0. The number of allylic oxidation sites excluding steroid dienone is 1. The lowest BCUT2D eigenvalue weighted by molar-refractivity contribution is 1.43. The van der Waals surface area contributed by atoms with Crippen LogP contribution in [0, 0.1) is 13.8 Å². The fourth-order valence-corrected chi connectivity index (χ4v) is 7.72. The molecule has 0 amide bonds. The predicted molar refractivity (Wildman–Crippen MR) is 207 cm³/mol. The van der Waals surface area contributed by atoms with Gasteiger partial charge in [-0.15, -0.1) is 0 Å². The van der Waals surface area contributed by atoms with E-state index >= 15 is 0 Å². The Bertz CT molecular complexity index is 2540. The van der Waals surface area contributed by atoms with Gasteiger partial charge in [-0.3, -0.25) is 0 Å². The normalized spacial score (nSPS) is 11.7. The van der Waals surface area contributed by atoms with Crippen molar-refractivity contribution in [2.75, 3.05) is 0 Å². The van der Waals surface area contributed by atoms with Gasteiger partial charge < -0.3 is 0 Å². The number of hydrogen-bond acceptors (Lipinski definition) is 0. The van der Waals surface area contributed by atoms with E-state index in [0.29, 0.717) is 0 Å². The summed E-state index contributed by atoms with van der Waals surface area (Å²) in [4.78, 5) is 0. The molecule has 224 valence electrons. The van der Waals surface area contributed by atoms with Gasteiger partial charge in [0.15, 0.2) is 0 Å². The summed E-state index contributed by atoms with van der Waals surface area (Å²) in [5.74, 6) is 0. The van der Waals surface area contributed by atoms with Crippen LogP contribution in [0.5, 0.6) is 0 Å². The Kier molecular flexibility index (Phi) is 7.08. The second kappa shape index (κ2) is 11.6. The van der Waals surface area contributed by atoms with E-state index in [-0.39, 0.29) is 0 Å². The molecule has 0 N–H and O–H groups in total. The van der Waals surface area contributed by atoms with Crippen molar-refractivity contribution in [3.05, 3.63) is 168 Å². The molecular weight excluding hydrogens is 565 g/mol. The lowest BCUT2D eigenvalue weighted by Crippen LogP contribution is -1.94. The Morgan fingerprint density at radius 1 is 0.426 bits per heavy atom. The number of rotatable bonds is 5. The molecule has 0 bridgehead atoms. The van der Waals surface area contributed by atoms with Crippen LogP contribution in [0.2, 0.25) is 0 Å². The molecular formula is C47H36. The van der Waals surface area contributed by atoms with Crippen LogP contribution >= 0.6 is 0 Å². The van der Waals surface area contributed by atoms with E-state index in [1.165, 1.54) is 98.7 Å². The third-order valence-electron chi connectivity index (χ3n) is 9.97. The molecule has 0 fully saturated rings. The van der Waals surface area contributed by atoms with Crippen molar-refractivity contribution in [2.24, 2.45) is 0 Å². The second-order valence-corrected chi connectivity index (χ2v) is 12.5. The largest absolute Gasteiger partial charge is 0.0984 e. The fraction of sp³-hybridized carbons (Fsp3) is 0.0638. The van der Waals surface area contributed by atoms with Gasteiger partial charge in [-0.25, -0.2) is 0 Å². The molecule has 0 heterocycles. The topological polar surface area (TPSA) is 0 Å². The maximum absolute atomic E-state index is 4.18. The summed E-state index contributed by atoms with van der Waals surface area (Å²) in [5, 5.41) is 10.3. The van der Waals surface area contributed by atoms with Crippen LogP contribution in [0.3, 0.4) is 0 Å². The molecule has 0 radical (unpaired) electrons. The smallest absolute Gasteiger partial charge is 0.00668 e. The van der Waals surface area contributed by atoms with Gasteiger partial charge in [-0.05, 0) is 126 Å². The van der Waals surface area contributed by atoms with Gasteiger partial charge in [0.2, 0.25) is 0 Å². The van der Waals surface area contributed by atoms with E-state index < -0.39 is 0 Å². The van der Waals surface area contributed by atoms with Crippen molar-refractivity contribution in [3.63, 3.8) is 0 Å². The van der Waals surface area contributed by atoms with E-state index in [1.54, 1.807) is 0 Å². The second-order valence-electron chi connectivity index (χ2n) is 12.5. The molecule has 0 nitrogen and oxygen atoms in total. The third-order valence-corrected chi connectivity index (χ3v) is 9.97. The van der Waals surface area contributed by atoms with Gasteiger partial charge in [0.05, 0.1) is 0 Å². The maximum Gasteiger partial charge on any atom is -0.00668 e. The Morgan fingerprint density at radius 2 is 0.957 bits per heavy atom. The highest BCUT2D eigenvalue weighted by Gasteiger charge is 2.17. The molecule has 0 aliphatic carbocycles. The first-order valence-electron chi connectivity index (χ1n) is 16.4. The molecule has 0 aromatic heterocycles. The van der Waals surface area contributed by atoms with Gasteiger partial charge in [0.1, 0.15) is 0 Å². The molecule has 0 atom stereocenters.